The van der Waals surface area contributed by atoms with Crippen molar-refractivity contribution in [2.24, 2.45) is 0 Å². The number of para-hydroxylation sites is 2. The van der Waals surface area contributed by atoms with E-state index in [2.05, 4.69) is 15.5 Å². The highest BCUT2D eigenvalue weighted by Gasteiger charge is 2.23. The summed E-state index contributed by atoms with van der Waals surface area (Å²) in [7, 11) is 0. The molecule has 0 spiro atoms. The Morgan fingerprint density at radius 3 is 2.39 bits per heavy atom. The summed E-state index contributed by atoms with van der Waals surface area (Å²) in [4.78, 5) is 28.6. The largest absolute Gasteiger partial charge is 0.506 e. The lowest BCUT2D eigenvalue weighted by Crippen LogP contribution is -2.48. The van der Waals surface area contributed by atoms with Crippen LogP contribution in [-0.2, 0) is 0 Å². The van der Waals surface area contributed by atoms with E-state index in [4.69, 9.17) is 0 Å². The third-order valence-corrected chi connectivity index (χ3v) is 4.58. The van der Waals surface area contributed by atoms with Gasteiger partial charge in [0.15, 0.2) is 0 Å². The zero-order chi connectivity index (χ0) is 20.1. The van der Waals surface area contributed by atoms with E-state index >= 15 is 0 Å². The smallest absolute Gasteiger partial charge is 0.319 e. The number of phenols is 1. The second-order valence-electron chi connectivity index (χ2n) is 7.10. The van der Waals surface area contributed by atoms with Crippen LogP contribution in [0.1, 0.15) is 24.2 Å². The number of anilines is 2. The number of piperazine rings is 1. The van der Waals surface area contributed by atoms with Crippen molar-refractivity contribution in [3.05, 3.63) is 54.1 Å². The molecule has 7 heteroatoms. The van der Waals surface area contributed by atoms with Crippen LogP contribution in [-0.4, -0.2) is 54.2 Å². The second kappa shape index (κ2) is 8.65. The Bertz CT molecular complexity index is 845. The van der Waals surface area contributed by atoms with Crippen LogP contribution in [0.25, 0.3) is 0 Å². The van der Waals surface area contributed by atoms with Crippen LogP contribution in [0.5, 0.6) is 5.75 Å². The molecule has 1 aliphatic rings. The zero-order valence-electron chi connectivity index (χ0n) is 16.2. The van der Waals surface area contributed by atoms with Gasteiger partial charge in [-0.1, -0.05) is 18.2 Å². The number of urea groups is 1. The van der Waals surface area contributed by atoms with Gasteiger partial charge in [-0.15, -0.1) is 0 Å². The molecule has 0 aliphatic carbocycles. The number of phenolic OH excluding ortho intramolecular Hbond substituents is 1. The first-order valence-electron chi connectivity index (χ1n) is 9.44. The van der Waals surface area contributed by atoms with Crippen LogP contribution < -0.4 is 15.5 Å². The molecule has 1 saturated heterocycles. The summed E-state index contributed by atoms with van der Waals surface area (Å²) < 4.78 is 0. The highest BCUT2D eigenvalue weighted by atomic mass is 16.3. The number of benzene rings is 2. The lowest BCUT2D eigenvalue weighted by atomic mass is 10.1. The van der Waals surface area contributed by atoms with Crippen LogP contribution in [0.4, 0.5) is 16.2 Å². The molecule has 0 radical (unpaired) electrons. The molecular formula is C21H26N4O3. The van der Waals surface area contributed by atoms with Gasteiger partial charge in [0.05, 0.1) is 5.69 Å². The van der Waals surface area contributed by atoms with E-state index in [1.165, 1.54) is 0 Å². The van der Waals surface area contributed by atoms with Crippen molar-refractivity contribution < 1.29 is 14.7 Å². The summed E-state index contributed by atoms with van der Waals surface area (Å²) in [5, 5.41) is 15.5. The van der Waals surface area contributed by atoms with Crippen LogP contribution >= 0.6 is 0 Å². The lowest BCUT2D eigenvalue weighted by Gasteiger charge is -2.36. The highest BCUT2D eigenvalue weighted by Crippen LogP contribution is 2.27. The number of carbonyl (C=O) groups excluding carboxylic acids is 2. The Hall–Kier alpha value is -3.22. The van der Waals surface area contributed by atoms with Crippen LogP contribution in [0, 0.1) is 0 Å². The van der Waals surface area contributed by atoms with Gasteiger partial charge in [0, 0.05) is 43.5 Å². The average Bonchev–Trinajstić information content (AvgIpc) is 2.67. The molecule has 7 nitrogen and oxygen atoms in total. The Kier molecular flexibility index (Phi) is 6.03. The first kappa shape index (κ1) is 19.5. The van der Waals surface area contributed by atoms with Crippen molar-refractivity contribution in [3.63, 3.8) is 0 Å². The summed E-state index contributed by atoms with van der Waals surface area (Å²) in [6, 6.07) is 13.9. The standard InChI is InChI=1S/C21H26N4O3/c1-15(2)22-21(28)23-17-7-5-6-16(14-17)20(27)25-12-10-24(11-13-25)18-8-3-4-9-19(18)26/h3-9,14-15,26H,10-13H2,1-2H3,(H2,22,23,28). The predicted octanol–water partition coefficient (Wildman–Crippen LogP) is 2.88. The zero-order valence-corrected chi connectivity index (χ0v) is 16.2. The number of hydrogen-bond donors (Lipinski definition) is 3. The van der Waals surface area contributed by atoms with Crippen LogP contribution in [0.15, 0.2) is 48.5 Å². The number of nitrogens with zero attached hydrogens (tertiary/aromatic N) is 2. The van der Waals surface area contributed by atoms with E-state index in [0.717, 1.165) is 5.69 Å². The molecule has 2 aromatic rings. The molecule has 0 atom stereocenters. The number of nitrogens with one attached hydrogen (secondary N) is 2. The number of carbonyl (C=O) groups is 2. The van der Waals surface area contributed by atoms with Gasteiger partial charge >= 0.3 is 6.03 Å². The molecule has 0 aromatic heterocycles. The minimum Gasteiger partial charge on any atom is -0.506 e. The van der Waals surface area contributed by atoms with E-state index in [1.807, 2.05) is 26.0 Å². The van der Waals surface area contributed by atoms with Crippen molar-refractivity contribution in [3.8, 4) is 5.75 Å². The fraction of sp³-hybridized carbons (Fsp3) is 0.333. The molecule has 0 saturated carbocycles. The highest BCUT2D eigenvalue weighted by molar-refractivity contribution is 5.97. The number of rotatable bonds is 4. The van der Waals surface area contributed by atoms with Gasteiger partial charge in [0.1, 0.15) is 5.75 Å². The van der Waals surface area contributed by atoms with E-state index in [9.17, 15) is 14.7 Å². The third-order valence-electron chi connectivity index (χ3n) is 4.58. The molecule has 3 amide bonds. The van der Waals surface area contributed by atoms with Crippen molar-refractivity contribution >= 4 is 23.3 Å². The summed E-state index contributed by atoms with van der Waals surface area (Å²) in [6.45, 7) is 6.20. The molecule has 1 aliphatic heterocycles. The maximum Gasteiger partial charge on any atom is 0.319 e. The van der Waals surface area contributed by atoms with E-state index in [1.54, 1.807) is 41.3 Å². The first-order chi connectivity index (χ1) is 13.4. The molecule has 3 N–H and O–H groups in total. The monoisotopic (exact) mass is 382 g/mol. The quantitative estimate of drug-likeness (QED) is 0.759. The van der Waals surface area contributed by atoms with Gasteiger partial charge in [0.2, 0.25) is 0 Å². The van der Waals surface area contributed by atoms with Gasteiger partial charge in [-0.2, -0.15) is 0 Å². The third kappa shape index (κ3) is 4.73. The van der Waals surface area contributed by atoms with Crippen LogP contribution in [0.3, 0.4) is 0 Å². The predicted molar refractivity (Wildman–Crippen MR) is 110 cm³/mol. The molecule has 0 bridgehead atoms. The van der Waals surface area contributed by atoms with Crippen molar-refractivity contribution in [2.45, 2.75) is 19.9 Å². The minimum atomic E-state index is -0.295. The molecule has 1 heterocycles. The average molecular weight is 382 g/mol. The molecule has 0 unspecified atom stereocenters. The Morgan fingerprint density at radius 1 is 1.00 bits per heavy atom. The molecule has 3 rings (SSSR count). The van der Waals surface area contributed by atoms with E-state index in [0.29, 0.717) is 37.4 Å². The van der Waals surface area contributed by atoms with Gasteiger partial charge in [-0.05, 0) is 44.2 Å². The van der Waals surface area contributed by atoms with E-state index in [-0.39, 0.29) is 23.7 Å². The molecule has 28 heavy (non-hydrogen) atoms. The normalized spacial score (nSPS) is 14.1. The van der Waals surface area contributed by atoms with Crippen molar-refractivity contribution in [2.75, 3.05) is 36.4 Å². The maximum atomic E-state index is 12.9. The van der Waals surface area contributed by atoms with Gasteiger partial charge in [0.25, 0.3) is 5.91 Å². The lowest BCUT2D eigenvalue weighted by molar-refractivity contribution is 0.0746. The van der Waals surface area contributed by atoms with Crippen molar-refractivity contribution in [1.82, 2.24) is 10.2 Å². The number of aromatic hydroxyl groups is 1. The van der Waals surface area contributed by atoms with Gasteiger partial charge < -0.3 is 25.5 Å². The topological polar surface area (TPSA) is 84.9 Å². The SMILES string of the molecule is CC(C)NC(=O)Nc1cccc(C(=O)N2CCN(c3ccccc3O)CC2)c1. The summed E-state index contributed by atoms with van der Waals surface area (Å²) in [5.74, 6) is 0.186. The van der Waals surface area contributed by atoms with Crippen LogP contribution in [0.2, 0.25) is 0 Å². The Morgan fingerprint density at radius 2 is 1.71 bits per heavy atom. The number of hydrogen-bond acceptors (Lipinski definition) is 4. The van der Waals surface area contributed by atoms with Crippen molar-refractivity contribution in [1.29, 1.82) is 0 Å². The fourth-order valence-electron chi connectivity index (χ4n) is 3.22. The molecule has 1 fully saturated rings. The summed E-state index contributed by atoms with van der Waals surface area (Å²) in [5.41, 5.74) is 1.91. The maximum absolute atomic E-state index is 12.9. The van der Waals surface area contributed by atoms with E-state index < -0.39 is 0 Å². The molecular weight excluding hydrogens is 356 g/mol. The first-order valence-corrected chi connectivity index (χ1v) is 9.44. The molecule has 148 valence electrons. The Labute approximate surface area is 165 Å². The van der Waals surface area contributed by atoms with Gasteiger partial charge in [-0.25, -0.2) is 4.79 Å². The van der Waals surface area contributed by atoms with Gasteiger partial charge in [-0.3, -0.25) is 4.79 Å². The summed E-state index contributed by atoms with van der Waals surface area (Å²) in [6.07, 6.45) is 0. The Balaban J connectivity index is 1.61. The second-order valence-corrected chi connectivity index (χ2v) is 7.10. The minimum absolute atomic E-state index is 0.0326. The molecule has 2 aromatic carbocycles. The fourth-order valence-corrected chi connectivity index (χ4v) is 3.22. The summed E-state index contributed by atoms with van der Waals surface area (Å²) >= 11 is 0. The number of amides is 3.